The number of hydrogen-bond acceptors (Lipinski definition) is 4. The van der Waals surface area contributed by atoms with Crippen LogP contribution in [0.1, 0.15) is 29.0 Å². The van der Waals surface area contributed by atoms with Crippen molar-refractivity contribution in [2.45, 2.75) is 25.9 Å². The van der Waals surface area contributed by atoms with E-state index in [1.54, 1.807) is 4.88 Å². The van der Waals surface area contributed by atoms with Crippen LogP contribution < -0.4 is 10.2 Å². The molecule has 1 N–H and O–H groups in total. The van der Waals surface area contributed by atoms with Gasteiger partial charge in [0.25, 0.3) is 0 Å². The zero-order valence-corrected chi connectivity index (χ0v) is 12.2. The Bertz CT molecular complexity index is 564. The van der Waals surface area contributed by atoms with Gasteiger partial charge < -0.3 is 10.2 Å². The number of aromatic nitrogens is 1. The summed E-state index contributed by atoms with van der Waals surface area (Å²) in [5.41, 5.74) is 4.07. The fraction of sp³-hybridized carbons (Fsp3) is 0.400. The van der Waals surface area contributed by atoms with Gasteiger partial charge in [-0.3, -0.25) is 4.98 Å². The highest BCUT2D eigenvalue weighted by atomic mass is 32.1. The maximum atomic E-state index is 4.31. The summed E-state index contributed by atoms with van der Waals surface area (Å²) in [4.78, 5) is 8.34. The number of hydrogen-bond donors (Lipinski definition) is 1. The van der Waals surface area contributed by atoms with E-state index in [0.717, 1.165) is 19.5 Å². The molecule has 0 fully saturated rings. The number of fused-ring (bicyclic) bond motifs is 1. The van der Waals surface area contributed by atoms with E-state index >= 15 is 0 Å². The molecule has 100 valence electrons. The first-order valence-electron chi connectivity index (χ1n) is 6.71. The van der Waals surface area contributed by atoms with E-state index in [1.807, 2.05) is 30.8 Å². The Balaban J connectivity index is 1.95. The van der Waals surface area contributed by atoms with Crippen LogP contribution in [0.4, 0.5) is 5.69 Å². The molecule has 1 aliphatic heterocycles. The lowest BCUT2D eigenvalue weighted by Crippen LogP contribution is -2.34. The molecule has 0 aliphatic carbocycles. The van der Waals surface area contributed by atoms with Gasteiger partial charge in [0.1, 0.15) is 0 Å². The van der Waals surface area contributed by atoms with Crippen molar-refractivity contribution in [1.82, 2.24) is 10.3 Å². The van der Waals surface area contributed by atoms with Crippen molar-refractivity contribution in [2.24, 2.45) is 0 Å². The fourth-order valence-corrected chi connectivity index (χ4v) is 3.81. The van der Waals surface area contributed by atoms with Crippen LogP contribution in [-0.4, -0.2) is 18.6 Å². The lowest BCUT2D eigenvalue weighted by atomic mass is 10.00. The fourth-order valence-electron chi connectivity index (χ4n) is 2.85. The van der Waals surface area contributed by atoms with Crippen molar-refractivity contribution in [1.29, 1.82) is 0 Å². The van der Waals surface area contributed by atoms with Crippen molar-refractivity contribution < 1.29 is 0 Å². The molecule has 3 nitrogen and oxygen atoms in total. The molecule has 1 aliphatic rings. The predicted octanol–water partition coefficient (Wildman–Crippen LogP) is 2.99. The molecule has 0 saturated carbocycles. The summed E-state index contributed by atoms with van der Waals surface area (Å²) in [5.74, 6) is 0. The van der Waals surface area contributed by atoms with Gasteiger partial charge in [-0.2, -0.15) is 0 Å². The van der Waals surface area contributed by atoms with Crippen molar-refractivity contribution >= 4 is 17.0 Å². The second kappa shape index (κ2) is 5.31. The molecule has 1 unspecified atom stereocenters. The smallest absolute Gasteiger partial charge is 0.0603 e. The quantitative estimate of drug-likeness (QED) is 0.932. The Kier molecular flexibility index (Phi) is 3.53. The van der Waals surface area contributed by atoms with Crippen LogP contribution >= 0.6 is 11.3 Å². The molecule has 4 heteroatoms. The van der Waals surface area contributed by atoms with Crippen molar-refractivity contribution in [3.63, 3.8) is 0 Å². The van der Waals surface area contributed by atoms with E-state index in [9.17, 15) is 0 Å². The maximum Gasteiger partial charge on any atom is 0.0603 e. The summed E-state index contributed by atoms with van der Waals surface area (Å²) in [6, 6.07) is 4.82. The molecule has 2 aromatic heterocycles. The molecule has 0 aromatic carbocycles. The molecule has 0 radical (unpaired) electrons. The molecule has 3 rings (SSSR count). The number of thiophene rings is 1. The zero-order chi connectivity index (χ0) is 13.2. The summed E-state index contributed by atoms with van der Waals surface area (Å²) in [6.07, 6.45) is 5.02. The highest BCUT2D eigenvalue weighted by Gasteiger charge is 2.26. The predicted molar refractivity (Wildman–Crippen MR) is 80.8 cm³/mol. The Morgan fingerprint density at radius 3 is 3.21 bits per heavy atom. The van der Waals surface area contributed by atoms with E-state index in [0.29, 0.717) is 6.04 Å². The number of nitrogens with zero attached hydrogens (tertiary/aromatic N) is 2. The Morgan fingerprint density at radius 1 is 1.47 bits per heavy atom. The number of pyridine rings is 1. The van der Waals surface area contributed by atoms with Gasteiger partial charge in [-0.05, 0) is 49.0 Å². The first-order valence-corrected chi connectivity index (χ1v) is 7.59. The third kappa shape index (κ3) is 2.26. The van der Waals surface area contributed by atoms with Crippen LogP contribution in [-0.2, 0) is 13.0 Å². The van der Waals surface area contributed by atoms with E-state index in [-0.39, 0.29) is 0 Å². The van der Waals surface area contributed by atoms with E-state index in [1.165, 1.54) is 16.8 Å². The molecule has 3 heterocycles. The second-order valence-electron chi connectivity index (χ2n) is 4.95. The van der Waals surface area contributed by atoms with Crippen molar-refractivity contribution in [3.05, 3.63) is 45.9 Å². The molecule has 0 spiro atoms. The average Bonchev–Trinajstić information content (AvgIpc) is 2.90. The standard InChI is InChI=1S/C15H19N3S/c1-11-13-5-8-19-15(13)4-7-18(11)14-10-17-6-3-12(14)9-16-2/h3,5-6,8,10-11,16H,4,7,9H2,1-2H3. The highest BCUT2D eigenvalue weighted by molar-refractivity contribution is 7.10. The van der Waals surface area contributed by atoms with Gasteiger partial charge >= 0.3 is 0 Å². The van der Waals surface area contributed by atoms with Crippen LogP contribution in [0.5, 0.6) is 0 Å². The Labute approximate surface area is 118 Å². The molecule has 2 aromatic rings. The molecule has 0 bridgehead atoms. The van der Waals surface area contributed by atoms with Crippen molar-refractivity contribution in [2.75, 3.05) is 18.5 Å². The maximum absolute atomic E-state index is 4.31. The van der Waals surface area contributed by atoms with Gasteiger partial charge in [0.15, 0.2) is 0 Å². The normalized spacial score (nSPS) is 18.4. The topological polar surface area (TPSA) is 28.2 Å². The SMILES string of the molecule is CNCc1ccncc1N1CCc2sccc2C1C. The van der Waals surface area contributed by atoms with Crippen LogP contribution in [0, 0.1) is 0 Å². The van der Waals surface area contributed by atoms with Crippen LogP contribution in [0.2, 0.25) is 0 Å². The number of rotatable bonds is 3. The van der Waals surface area contributed by atoms with Gasteiger partial charge in [-0.1, -0.05) is 0 Å². The third-order valence-corrected chi connectivity index (χ3v) is 4.84. The minimum Gasteiger partial charge on any atom is -0.363 e. The largest absolute Gasteiger partial charge is 0.363 e. The Hall–Kier alpha value is -1.39. The van der Waals surface area contributed by atoms with Crippen LogP contribution in [0.3, 0.4) is 0 Å². The lowest BCUT2D eigenvalue weighted by Gasteiger charge is -2.36. The molecule has 0 amide bonds. The number of nitrogens with one attached hydrogen (secondary N) is 1. The second-order valence-corrected chi connectivity index (χ2v) is 5.95. The summed E-state index contributed by atoms with van der Waals surface area (Å²) < 4.78 is 0. The summed E-state index contributed by atoms with van der Waals surface area (Å²) in [6.45, 7) is 4.26. The van der Waals surface area contributed by atoms with E-state index in [2.05, 4.69) is 39.6 Å². The van der Waals surface area contributed by atoms with Gasteiger partial charge in [0.05, 0.1) is 17.9 Å². The zero-order valence-electron chi connectivity index (χ0n) is 11.4. The van der Waals surface area contributed by atoms with Gasteiger partial charge in [-0.15, -0.1) is 11.3 Å². The van der Waals surface area contributed by atoms with Gasteiger partial charge in [-0.25, -0.2) is 0 Å². The summed E-state index contributed by atoms with van der Waals surface area (Å²) >= 11 is 1.89. The highest BCUT2D eigenvalue weighted by Crippen LogP contribution is 2.36. The van der Waals surface area contributed by atoms with Crippen LogP contribution in [0.25, 0.3) is 0 Å². The molecular weight excluding hydrogens is 254 g/mol. The third-order valence-electron chi connectivity index (χ3n) is 3.84. The summed E-state index contributed by atoms with van der Waals surface area (Å²) in [7, 11) is 1.99. The minimum absolute atomic E-state index is 0.440. The average molecular weight is 273 g/mol. The van der Waals surface area contributed by atoms with Crippen LogP contribution in [0.15, 0.2) is 29.9 Å². The number of anilines is 1. The monoisotopic (exact) mass is 273 g/mol. The lowest BCUT2D eigenvalue weighted by molar-refractivity contribution is 0.626. The van der Waals surface area contributed by atoms with Crippen molar-refractivity contribution in [3.8, 4) is 0 Å². The molecule has 1 atom stereocenters. The van der Waals surface area contributed by atoms with E-state index < -0.39 is 0 Å². The first kappa shape index (κ1) is 12.6. The van der Waals surface area contributed by atoms with Gasteiger partial charge in [0, 0.05) is 24.2 Å². The van der Waals surface area contributed by atoms with E-state index in [4.69, 9.17) is 0 Å². The summed E-state index contributed by atoms with van der Waals surface area (Å²) in [5, 5.41) is 5.45. The molecule has 0 saturated heterocycles. The Morgan fingerprint density at radius 2 is 2.37 bits per heavy atom. The molecule has 19 heavy (non-hydrogen) atoms. The first-order chi connectivity index (χ1) is 9.31. The minimum atomic E-state index is 0.440. The molecular formula is C15H19N3S. The van der Waals surface area contributed by atoms with Gasteiger partial charge in [0.2, 0.25) is 0 Å².